The van der Waals surface area contributed by atoms with E-state index in [1.807, 2.05) is 6.92 Å². The van der Waals surface area contributed by atoms with E-state index in [1.165, 1.54) is 0 Å². The first kappa shape index (κ1) is 15.0. The van der Waals surface area contributed by atoms with Gasteiger partial charge >= 0.3 is 0 Å². The molecule has 0 aliphatic heterocycles. The Morgan fingerprint density at radius 2 is 1.90 bits per heavy atom. The molecule has 2 aliphatic rings. The second kappa shape index (κ2) is 5.69. The number of nitrogens with two attached hydrogens (primary N) is 1. The molecule has 21 heavy (non-hydrogen) atoms. The fourth-order valence-corrected chi connectivity index (χ4v) is 3.76. The highest BCUT2D eigenvalue weighted by Crippen LogP contribution is 2.42. The maximum atomic E-state index is 6.53. The van der Waals surface area contributed by atoms with Gasteiger partial charge in [0.25, 0.3) is 0 Å². The van der Waals surface area contributed by atoms with Crippen molar-refractivity contribution in [3.05, 3.63) is 11.7 Å². The van der Waals surface area contributed by atoms with Gasteiger partial charge < -0.3 is 15.0 Å². The molecule has 0 spiro atoms. The monoisotopic (exact) mass is 293 g/mol. The topological polar surface area (TPSA) is 74.2 Å². The average Bonchev–Trinajstić information content (AvgIpc) is 3.12. The molecule has 1 heterocycles. The van der Waals surface area contributed by atoms with Crippen LogP contribution in [0.1, 0.15) is 76.9 Å². The molecule has 5 heteroatoms. The van der Waals surface area contributed by atoms with Gasteiger partial charge in [-0.3, -0.25) is 0 Å². The van der Waals surface area contributed by atoms with Gasteiger partial charge in [0, 0.05) is 6.61 Å². The Hall–Kier alpha value is -0.940. The normalized spacial score (nSPS) is 32.4. The number of hydrogen-bond donors (Lipinski definition) is 1. The van der Waals surface area contributed by atoms with Crippen LogP contribution in [0, 0.1) is 5.92 Å². The van der Waals surface area contributed by atoms with Crippen molar-refractivity contribution in [3.8, 4) is 0 Å². The second-order valence-corrected chi connectivity index (χ2v) is 6.90. The van der Waals surface area contributed by atoms with E-state index in [9.17, 15) is 0 Å². The van der Waals surface area contributed by atoms with Crippen molar-refractivity contribution >= 4 is 0 Å². The van der Waals surface area contributed by atoms with Crippen LogP contribution in [-0.2, 0) is 15.9 Å². The molecule has 0 bridgehead atoms. The van der Waals surface area contributed by atoms with Crippen molar-refractivity contribution in [1.82, 2.24) is 10.1 Å². The van der Waals surface area contributed by atoms with Crippen LogP contribution in [0.25, 0.3) is 0 Å². The zero-order chi connectivity index (χ0) is 14.9. The van der Waals surface area contributed by atoms with Gasteiger partial charge in [-0.2, -0.15) is 4.98 Å². The molecule has 0 atom stereocenters. The molecule has 2 saturated carbocycles. The summed E-state index contributed by atoms with van der Waals surface area (Å²) in [5.74, 6) is 2.06. The molecule has 0 saturated heterocycles. The molecular formula is C16H27N3O2. The molecule has 3 rings (SSSR count). The standard InChI is InChI=1S/C16H27N3O2/c1-3-20-16(8-4-5-9-16)13-18-14(21-19-13)15(17)10-6-12(2)7-11-15/h12H,3-11,17H2,1-2H3. The lowest BCUT2D eigenvalue weighted by atomic mass is 9.78. The Labute approximate surface area is 126 Å². The van der Waals surface area contributed by atoms with Gasteiger partial charge in [-0.15, -0.1) is 0 Å². The molecule has 2 fully saturated rings. The maximum Gasteiger partial charge on any atom is 0.246 e. The minimum atomic E-state index is -0.441. The van der Waals surface area contributed by atoms with Gasteiger partial charge in [0.05, 0.1) is 5.54 Å². The first-order valence-corrected chi connectivity index (χ1v) is 8.35. The summed E-state index contributed by atoms with van der Waals surface area (Å²) in [7, 11) is 0. The van der Waals surface area contributed by atoms with Crippen LogP contribution >= 0.6 is 0 Å². The first-order chi connectivity index (χ1) is 10.1. The molecule has 5 nitrogen and oxygen atoms in total. The maximum absolute atomic E-state index is 6.53. The molecule has 2 N–H and O–H groups in total. The van der Waals surface area contributed by atoms with E-state index in [0.29, 0.717) is 18.3 Å². The highest BCUT2D eigenvalue weighted by atomic mass is 16.5. The van der Waals surface area contributed by atoms with Crippen molar-refractivity contribution in [2.24, 2.45) is 11.7 Å². The fraction of sp³-hybridized carbons (Fsp3) is 0.875. The number of nitrogens with zero attached hydrogens (tertiary/aromatic N) is 2. The van der Waals surface area contributed by atoms with Crippen LogP contribution in [0.3, 0.4) is 0 Å². The van der Waals surface area contributed by atoms with E-state index in [4.69, 9.17) is 15.0 Å². The van der Waals surface area contributed by atoms with Gasteiger partial charge in [-0.1, -0.05) is 12.1 Å². The number of ether oxygens (including phenoxy) is 1. The van der Waals surface area contributed by atoms with Crippen molar-refractivity contribution in [2.75, 3.05) is 6.61 Å². The SMILES string of the molecule is CCOC1(c2noc(C3(N)CCC(C)CC3)n2)CCCC1. The Bertz CT molecular complexity index is 472. The van der Waals surface area contributed by atoms with Gasteiger partial charge in [-0.05, 0) is 64.2 Å². The van der Waals surface area contributed by atoms with Crippen molar-refractivity contribution in [3.63, 3.8) is 0 Å². The summed E-state index contributed by atoms with van der Waals surface area (Å²) in [5, 5.41) is 4.24. The molecule has 0 unspecified atom stereocenters. The van der Waals surface area contributed by atoms with Crippen LogP contribution in [0.2, 0.25) is 0 Å². The van der Waals surface area contributed by atoms with Gasteiger partial charge in [0.15, 0.2) is 0 Å². The molecule has 0 aromatic carbocycles. The predicted molar refractivity (Wildman–Crippen MR) is 79.6 cm³/mol. The van der Waals surface area contributed by atoms with E-state index in [0.717, 1.165) is 57.3 Å². The van der Waals surface area contributed by atoms with Crippen LogP contribution in [0.5, 0.6) is 0 Å². The Morgan fingerprint density at radius 3 is 2.52 bits per heavy atom. The van der Waals surface area contributed by atoms with E-state index in [-0.39, 0.29) is 5.60 Å². The van der Waals surface area contributed by atoms with Crippen LogP contribution in [-0.4, -0.2) is 16.7 Å². The van der Waals surface area contributed by atoms with E-state index >= 15 is 0 Å². The highest BCUT2D eigenvalue weighted by molar-refractivity contribution is 5.10. The van der Waals surface area contributed by atoms with Gasteiger partial charge in [0.1, 0.15) is 5.60 Å². The summed E-state index contributed by atoms with van der Waals surface area (Å²) in [6, 6.07) is 0. The molecule has 0 radical (unpaired) electrons. The van der Waals surface area contributed by atoms with Crippen molar-refractivity contribution in [2.45, 2.75) is 76.4 Å². The number of aromatic nitrogens is 2. The predicted octanol–water partition coefficient (Wildman–Crippen LogP) is 3.24. The van der Waals surface area contributed by atoms with Crippen LogP contribution in [0.15, 0.2) is 4.52 Å². The molecular weight excluding hydrogens is 266 g/mol. The van der Waals surface area contributed by atoms with Crippen molar-refractivity contribution in [1.29, 1.82) is 0 Å². The Balaban J connectivity index is 1.82. The minimum absolute atomic E-state index is 0.338. The summed E-state index contributed by atoms with van der Waals surface area (Å²) >= 11 is 0. The van der Waals surface area contributed by atoms with Crippen LogP contribution in [0.4, 0.5) is 0 Å². The highest BCUT2D eigenvalue weighted by Gasteiger charge is 2.43. The molecule has 0 amide bonds. The van der Waals surface area contributed by atoms with E-state index in [1.54, 1.807) is 0 Å². The third kappa shape index (κ3) is 2.73. The van der Waals surface area contributed by atoms with Crippen molar-refractivity contribution < 1.29 is 9.26 Å². The van der Waals surface area contributed by atoms with E-state index in [2.05, 4.69) is 17.1 Å². The third-order valence-corrected chi connectivity index (χ3v) is 5.26. The number of rotatable bonds is 4. The number of hydrogen-bond acceptors (Lipinski definition) is 5. The summed E-state index contributed by atoms with van der Waals surface area (Å²) in [6.45, 7) is 4.98. The molecule has 1 aromatic rings. The third-order valence-electron chi connectivity index (χ3n) is 5.26. The smallest absolute Gasteiger partial charge is 0.246 e. The summed E-state index contributed by atoms with van der Waals surface area (Å²) in [5.41, 5.74) is 5.76. The lowest BCUT2D eigenvalue weighted by molar-refractivity contribution is -0.0469. The minimum Gasteiger partial charge on any atom is -0.367 e. The molecule has 1 aromatic heterocycles. The zero-order valence-electron chi connectivity index (χ0n) is 13.2. The first-order valence-electron chi connectivity index (χ1n) is 8.35. The zero-order valence-corrected chi connectivity index (χ0v) is 13.2. The summed E-state index contributed by atoms with van der Waals surface area (Å²) < 4.78 is 11.6. The Morgan fingerprint density at radius 1 is 1.24 bits per heavy atom. The van der Waals surface area contributed by atoms with Gasteiger partial charge in [0.2, 0.25) is 11.7 Å². The summed E-state index contributed by atoms with van der Waals surface area (Å²) in [4.78, 5) is 4.68. The second-order valence-electron chi connectivity index (χ2n) is 6.90. The van der Waals surface area contributed by atoms with Crippen LogP contribution < -0.4 is 5.73 Å². The average molecular weight is 293 g/mol. The molecule has 118 valence electrons. The largest absolute Gasteiger partial charge is 0.367 e. The quantitative estimate of drug-likeness (QED) is 0.922. The lowest BCUT2D eigenvalue weighted by Crippen LogP contribution is -2.40. The van der Waals surface area contributed by atoms with E-state index < -0.39 is 5.54 Å². The summed E-state index contributed by atoms with van der Waals surface area (Å²) in [6.07, 6.45) is 8.40. The lowest BCUT2D eigenvalue weighted by Gasteiger charge is -2.32. The molecule has 2 aliphatic carbocycles. The fourth-order valence-electron chi connectivity index (χ4n) is 3.76. The van der Waals surface area contributed by atoms with Gasteiger partial charge in [-0.25, -0.2) is 0 Å². The Kier molecular flexibility index (Phi) is 4.06.